The third-order valence-electron chi connectivity index (χ3n) is 8.16. The number of likely N-dealkylation sites (tertiary alicyclic amines) is 1. The maximum absolute atomic E-state index is 13.7. The topological polar surface area (TPSA) is 89.0 Å². The summed E-state index contributed by atoms with van der Waals surface area (Å²) in [6.45, 7) is 2.34. The summed E-state index contributed by atoms with van der Waals surface area (Å²) in [4.78, 5) is 33.5. The SMILES string of the molecule is Cl.Cl.Cl.O=C(O)CN1CCN(c2ccc(C(=O)Nc3cc(CN4CCC[C@H]4C(F)(F)F)c(-c4ccc(C(F)(F)F)cc4Cl)cn3)cc2)CC1. The van der Waals surface area contributed by atoms with E-state index < -0.39 is 35.8 Å². The van der Waals surface area contributed by atoms with Crippen LogP contribution in [0.25, 0.3) is 11.1 Å². The molecule has 5 rings (SSSR count). The van der Waals surface area contributed by atoms with Crippen molar-refractivity contribution in [3.05, 3.63) is 76.4 Å². The van der Waals surface area contributed by atoms with Crippen LogP contribution in [0.5, 0.6) is 0 Å². The van der Waals surface area contributed by atoms with E-state index in [2.05, 4.69) is 15.2 Å². The molecule has 2 aliphatic heterocycles. The van der Waals surface area contributed by atoms with Gasteiger partial charge in [-0.25, -0.2) is 4.98 Å². The average Bonchev–Trinajstić information content (AvgIpc) is 3.46. The van der Waals surface area contributed by atoms with E-state index in [1.807, 2.05) is 4.90 Å². The molecule has 0 aliphatic carbocycles. The molecule has 3 aromatic rings. The summed E-state index contributed by atoms with van der Waals surface area (Å²) in [7, 11) is 0. The number of rotatable bonds is 8. The number of carbonyl (C=O) groups excluding carboxylic acids is 1. The molecule has 0 saturated carbocycles. The molecule has 0 bridgehead atoms. The van der Waals surface area contributed by atoms with Crippen LogP contribution >= 0.6 is 48.8 Å². The number of hydrogen-bond donors (Lipinski definition) is 2. The number of nitrogens with one attached hydrogen (secondary N) is 1. The Labute approximate surface area is 302 Å². The van der Waals surface area contributed by atoms with Crippen molar-refractivity contribution in [3.63, 3.8) is 0 Å². The van der Waals surface area contributed by atoms with Gasteiger partial charge in [0.1, 0.15) is 11.9 Å². The van der Waals surface area contributed by atoms with Crippen LogP contribution in [-0.4, -0.2) is 83.3 Å². The third-order valence-corrected chi connectivity index (χ3v) is 8.47. The van der Waals surface area contributed by atoms with Crippen LogP contribution < -0.4 is 10.2 Å². The molecular formula is C31H33Cl4F6N5O3. The predicted octanol–water partition coefficient (Wildman–Crippen LogP) is 7.67. The van der Waals surface area contributed by atoms with Crippen molar-refractivity contribution >= 4 is 72.2 Å². The molecule has 2 aromatic carbocycles. The van der Waals surface area contributed by atoms with Crippen LogP contribution in [0.15, 0.2) is 54.7 Å². The number of carboxylic acids is 1. The van der Waals surface area contributed by atoms with E-state index in [9.17, 15) is 35.9 Å². The van der Waals surface area contributed by atoms with E-state index in [4.69, 9.17) is 16.7 Å². The molecule has 2 N–H and O–H groups in total. The van der Waals surface area contributed by atoms with Crippen molar-refractivity contribution in [2.24, 2.45) is 0 Å². The maximum atomic E-state index is 13.7. The number of halogens is 10. The second kappa shape index (κ2) is 17.3. The number of hydrogen-bond acceptors (Lipinski definition) is 6. The number of amides is 1. The molecule has 49 heavy (non-hydrogen) atoms. The molecule has 1 amide bonds. The zero-order valence-electron chi connectivity index (χ0n) is 25.6. The summed E-state index contributed by atoms with van der Waals surface area (Å²) >= 11 is 6.24. The van der Waals surface area contributed by atoms with Crippen molar-refractivity contribution in [2.45, 2.75) is 37.8 Å². The molecular weight excluding hydrogens is 746 g/mol. The van der Waals surface area contributed by atoms with Crippen LogP contribution in [0.1, 0.15) is 34.3 Å². The standard InChI is InChI=1S/C31H30ClF6N5O3.3ClH/c32-25-15-21(30(33,34)35)5-8-23(25)24-16-39-27(14-20(24)17-43-9-1-2-26(43)31(36,37)38)40-29(46)19-3-6-22(7-4-19)42-12-10-41(11-13-42)18-28(44)45;;;/h3-8,14-16,26H,1-2,9-13,17-18H2,(H,44,45)(H,39,40,46);3*1H/t26-;;;/m0.../s1. The van der Waals surface area contributed by atoms with Crippen LogP contribution in [0.4, 0.5) is 37.8 Å². The Morgan fingerprint density at radius 1 is 0.898 bits per heavy atom. The molecule has 2 fully saturated rings. The Morgan fingerprint density at radius 3 is 2.12 bits per heavy atom. The molecule has 3 heterocycles. The Balaban J connectivity index is 0.00000278. The number of nitrogens with zero attached hydrogens (tertiary/aromatic N) is 4. The molecule has 1 atom stereocenters. The fraction of sp³-hybridized carbons (Fsp3) is 0.387. The first-order valence-electron chi connectivity index (χ1n) is 14.5. The van der Waals surface area contributed by atoms with E-state index in [-0.39, 0.29) is 85.2 Å². The Morgan fingerprint density at radius 2 is 1.55 bits per heavy atom. The van der Waals surface area contributed by atoms with Gasteiger partial charge < -0.3 is 15.3 Å². The van der Waals surface area contributed by atoms with Gasteiger partial charge in [-0.1, -0.05) is 17.7 Å². The lowest BCUT2D eigenvalue weighted by Crippen LogP contribution is -2.47. The summed E-state index contributed by atoms with van der Waals surface area (Å²) in [5.74, 6) is -1.36. The number of piperazine rings is 1. The molecule has 18 heteroatoms. The highest BCUT2D eigenvalue weighted by molar-refractivity contribution is 6.33. The number of carbonyl (C=O) groups is 2. The average molecular weight is 779 g/mol. The van der Waals surface area contributed by atoms with Gasteiger partial charge in [-0.05, 0) is 67.4 Å². The second-order valence-electron chi connectivity index (χ2n) is 11.2. The smallest absolute Gasteiger partial charge is 0.416 e. The minimum absolute atomic E-state index is 0. The Hall–Kier alpha value is -3.01. The third kappa shape index (κ3) is 10.5. The first kappa shape index (κ1) is 42.2. The number of benzene rings is 2. The zero-order valence-corrected chi connectivity index (χ0v) is 28.8. The van der Waals surface area contributed by atoms with Crippen molar-refractivity contribution in [2.75, 3.05) is 49.5 Å². The summed E-state index contributed by atoms with van der Waals surface area (Å²) in [6, 6.07) is 9.24. The number of anilines is 2. The molecule has 2 aliphatic rings. The first-order valence-corrected chi connectivity index (χ1v) is 14.8. The fourth-order valence-corrected chi connectivity index (χ4v) is 6.10. The van der Waals surface area contributed by atoms with Gasteiger partial charge in [0.25, 0.3) is 5.91 Å². The van der Waals surface area contributed by atoms with E-state index in [0.29, 0.717) is 43.7 Å². The lowest BCUT2D eigenvalue weighted by molar-refractivity contribution is -0.177. The zero-order chi connectivity index (χ0) is 33.2. The number of alkyl halides is 6. The molecule has 2 saturated heterocycles. The van der Waals surface area contributed by atoms with Crippen molar-refractivity contribution in [3.8, 4) is 11.1 Å². The molecule has 0 spiro atoms. The fourth-order valence-electron chi connectivity index (χ4n) is 5.82. The maximum Gasteiger partial charge on any atom is 0.416 e. The van der Waals surface area contributed by atoms with Crippen molar-refractivity contribution in [1.82, 2.24) is 14.8 Å². The van der Waals surface area contributed by atoms with E-state index >= 15 is 0 Å². The molecule has 0 unspecified atom stereocenters. The number of carboxylic acid groups (broad SMARTS) is 1. The Bertz CT molecular complexity index is 1590. The number of pyridine rings is 1. The van der Waals surface area contributed by atoms with Gasteiger partial charge in [-0.2, -0.15) is 26.3 Å². The monoisotopic (exact) mass is 777 g/mol. The molecule has 270 valence electrons. The highest BCUT2D eigenvalue weighted by Gasteiger charge is 2.46. The highest BCUT2D eigenvalue weighted by Crippen LogP contribution is 2.39. The van der Waals surface area contributed by atoms with E-state index in [1.54, 1.807) is 24.3 Å². The summed E-state index contributed by atoms with van der Waals surface area (Å²) < 4.78 is 81.0. The molecule has 8 nitrogen and oxygen atoms in total. The predicted molar refractivity (Wildman–Crippen MR) is 182 cm³/mol. The Kier molecular flexibility index (Phi) is 14.9. The minimum Gasteiger partial charge on any atom is -0.480 e. The van der Waals surface area contributed by atoms with Gasteiger partial charge in [0.2, 0.25) is 0 Å². The van der Waals surface area contributed by atoms with E-state index in [0.717, 1.165) is 23.9 Å². The van der Waals surface area contributed by atoms with E-state index in [1.165, 1.54) is 17.2 Å². The lowest BCUT2D eigenvalue weighted by atomic mass is 9.99. The summed E-state index contributed by atoms with van der Waals surface area (Å²) in [5, 5.41) is 11.4. The molecule has 1 aromatic heterocycles. The van der Waals surface area contributed by atoms with Gasteiger partial charge in [0.05, 0.1) is 12.1 Å². The highest BCUT2D eigenvalue weighted by atomic mass is 35.5. The van der Waals surface area contributed by atoms with Crippen LogP contribution in [0, 0.1) is 0 Å². The van der Waals surface area contributed by atoms with Crippen LogP contribution in [0.3, 0.4) is 0 Å². The quantitative estimate of drug-likeness (QED) is 0.227. The first-order chi connectivity index (χ1) is 21.7. The minimum atomic E-state index is -4.64. The van der Waals surface area contributed by atoms with Gasteiger partial charge in [0, 0.05) is 66.3 Å². The van der Waals surface area contributed by atoms with Gasteiger partial charge in [-0.15, -0.1) is 37.2 Å². The van der Waals surface area contributed by atoms with Crippen molar-refractivity contribution in [1.29, 1.82) is 0 Å². The van der Waals surface area contributed by atoms with Crippen molar-refractivity contribution < 1.29 is 41.0 Å². The summed E-state index contributed by atoms with van der Waals surface area (Å²) in [5.41, 5.74) is 0.899. The van der Waals surface area contributed by atoms with Crippen LogP contribution in [0.2, 0.25) is 5.02 Å². The number of aromatic nitrogens is 1. The summed E-state index contributed by atoms with van der Waals surface area (Å²) in [6.07, 6.45) is -7.58. The van der Waals surface area contributed by atoms with Gasteiger partial charge in [-0.3, -0.25) is 19.4 Å². The molecule has 0 radical (unpaired) electrons. The van der Waals surface area contributed by atoms with Gasteiger partial charge in [0.15, 0.2) is 0 Å². The normalized spacial score (nSPS) is 17.0. The number of aliphatic carboxylic acids is 1. The second-order valence-corrected chi connectivity index (χ2v) is 11.7. The lowest BCUT2D eigenvalue weighted by Gasteiger charge is -2.35. The van der Waals surface area contributed by atoms with Gasteiger partial charge >= 0.3 is 18.3 Å². The largest absolute Gasteiger partial charge is 0.480 e. The van der Waals surface area contributed by atoms with Crippen LogP contribution in [-0.2, 0) is 17.5 Å².